The second kappa shape index (κ2) is 8.34. The number of amides is 1. The minimum Gasteiger partial charge on any atom is -0.504 e. The predicted octanol–water partition coefficient (Wildman–Crippen LogP) is 0.153. The van der Waals surface area contributed by atoms with Gasteiger partial charge in [0.1, 0.15) is 17.2 Å². The number of nitrogens with zero attached hydrogens (tertiary/aromatic N) is 3. The number of hydrogen-bond acceptors (Lipinski definition) is 7. The number of carbonyl (C=O) groups excluding carboxylic acids is 1. The topological polar surface area (TPSA) is 137 Å². The summed E-state index contributed by atoms with van der Waals surface area (Å²) >= 11 is 0. The molecular weight excluding hydrogens is 403 g/mol. The average Bonchev–Trinajstić information content (AvgIpc) is 2.75. The van der Waals surface area contributed by atoms with Crippen LogP contribution >= 0.6 is 0 Å². The maximum atomic E-state index is 13.1. The van der Waals surface area contributed by atoms with Crippen LogP contribution < -0.4 is 15.6 Å². The lowest BCUT2D eigenvalue weighted by Crippen LogP contribution is -2.48. The summed E-state index contributed by atoms with van der Waals surface area (Å²) in [6.07, 6.45) is 1.66. The first-order valence-electron chi connectivity index (χ1n) is 9.54. The number of carbonyl (C=O) groups is 1. The second-order valence-electron chi connectivity index (χ2n) is 7.00. The first-order chi connectivity index (χ1) is 14.9. The number of benzene rings is 1. The molecule has 1 aliphatic rings. The van der Waals surface area contributed by atoms with Crippen LogP contribution in [-0.4, -0.2) is 52.4 Å². The van der Waals surface area contributed by atoms with Crippen LogP contribution in [0.2, 0.25) is 0 Å². The zero-order valence-corrected chi connectivity index (χ0v) is 16.4. The number of aromatic nitrogens is 2. The molecule has 0 radical (unpaired) electrons. The number of anilines is 1. The van der Waals surface area contributed by atoms with Crippen LogP contribution in [0, 0.1) is 11.2 Å². The molecule has 0 spiro atoms. The molecule has 9 nitrogen and oxygen atoms in total. The summed E-state index contributed by atoms with van der Waals surface area (Å²) in [5.74, 6) is -0.905. The number of nitrogens with one attached hydrogen (secondary N) is 2. The van der Waals surface area contributed by atoms with Crippen LogP contribution in [0.15, 0.2) is 42.6 Å². The van der Waals surface area contributed by atoms with Gasteiger partial charge in [-0.2, -0.15) is 0 Å². The largest absolute Gasteiger partial charge is 0.504 e. The molecule has 10 heteroatoms. The third-order valence-corrected chi connectivity index (χ3v) is 4.79. The fraction of sp³-hybridized carbons (Fsp3) is 0.190. The van der Waals surface area contributed by atoms with Crippen LogP contribution in [0.25, 0.3) is 10.9 Å². The Balaban J connectivity index is 1.64. The van der Waals surface area contributed by atoms with Crippen LogP contribution in [0.1, 0.15) is 11.3 Å². The van der Waals surface area contributed by atoms with E-state index in [1.165, 1.54) is 18.3 Å². The van der Waals surface area contributed by atoms with E-state index in [4.69, 9.17) is 15.6 Å². The molecule has 158 valence electrons. The summed E-state index contributed by atoms with van der Waals surface area (Å²) < 4.78 is 18.5. The molecule has 31 heavy (non-hydrogen) atoms. The van der Waals surface area contributed by atoms with Crippen molar-refractivity contribution >= 4 is 34.4 Å². The van der Waals surface area contributed by atoms with Gasteiger partial charge in [-0.1, -0.05) is 12.1 Å². The first-order valence-corrected chi connectivity index (χ1v) is 9.54. The maximum Gasteiger partial charge on any atom is 0.344 e. The highest BCUT2D eigenvalue weighted by atomic mass is 19.1. The standard InChI is InChI=1S/C21H19FN6O3/c22-13-5-3-12(4-6-13)10-15(23)31-20(24)18-19(30)17-14(2-1-7-26-17)21(27-18)28-9-8-25-16(29)11-28/h1-7,23-24,30H,8-11H2,(H,25,29)/p+1. The van der Waals surface area contributed by atoms with Crippen molar-refractivity contribution in [3.05, 3.63) is 59.7 Å². The normalized spacial score (nSPS) is 13.7. The van der Waals surface area contributed by atoms with E-state index in [2.05, 4.69) is 15.3 Å². The maximum absolute atomic E-state index is 13.1. The zero-order valence-electron chi connectivity index (χ0n) is 16.4. The van der Waals surface area contributed by atoms with Crippen molar-refractivity contribution < 1.29 is 24.4 Å². The van der Waals surface area contributed by atoms with Crippen molar-refractivity contribution in [3.63, 3.8) is 0 Å². The van der Waals surface area contributed by atoms with Gasteiger partial charge < -0.3 is 20.1 Å². The Labute approximate surface area is 176 Å². The highest BCUT2D eigenvalue weighted by Crippen LogP contribution is 2.33. The summed E-state index contributed by atoms with van der Waals surface area (Å²) in [6, 6.07) is 9.16. The van der Waals surface area contributed by atoms with E-state index in [0.717, 1.165) is 0 Å². The van der Waals surface area contributed by atoms with Gasteiger partial charge >= 0.3 is 5.90 Å². The van der Waals surface area contributed by atoms with Gasteiger partial charge in [-0.3, -0.25) is 15.2 Å². The summed E-state index contributed by atoms with van der Waals surface area (Å²) in [6.45, 7) is 1.05. The van der Waals surface area contributed by atoms with Gasteiger partial charge in [-0.25, -0.2) is 14.8 Å². The number of rotatable bonds is 4. The quantitative estimate of drug-likeness (QED) is 0.348. The van der Waals surface area contributed by atoms with Gasteiger partial charge in [-0.05, 0) is 29.8 Å². The predicted molar refractivity (Wildman–Crippen MR) is 111 cm³/mol. The molecule has 1 amide bonds. The fourth-order valence-electron chi connectivity index (χ4n) is 3.34. The number of ether oxygens (including phenoxy) is 1. The van der Waals surface area contributed by atoms with E-state index in [-0.39, 0.29) is 47.5 Å². The second-order valence-corrected chi connectivity index (χ2v) is 7.00. The highest BCUT2D eigenvalue weighted by molar-refractivity contribution is 6.06. The van der Waals surface area contributed by atoms with Crippen LogP contribution in [0.4, 0.5) is 10.2 Å². The molecule has 3 aromatic rings. The molecule has 5 N–H and O–H groups in total. The van der Waals surface area contributed by atoms with Gasteiger partial charge in [0.2, 0.25) is 11.8 Å². The lowest BCUT2D eigenvalue weighted by atomic mass is 10.1. The van der Waals surface area contributed by atoms with E-state index in [1.54, 1.807) is 29.2 Å². The SMILES string of the molecule is N=C(OC(=[NH2+])Cc1ccc(F)cc1)c1nc(N2CCNC(=O)C2)c2cccnc2c1O. The number of aromatic hydroxyl groups is 1. The molecule has 0 atom stereocenters. The van der Waals surface area contributed by atoms with Gasteiger partial charge in [0.05, 0.1) is 13.0 Å². The van der Waals surface area contributed by atoms with Crippen LogP contribution in [0.5, 0.6) is 5.75 Å². The number of pyridine rings is 2. The molecule has 2 aromatic heterocycles. The molecule has 1 aliphatic heterocycles. The Hall–Kier alpha value is -4.08. The Bertz CT molecular complexity index is 1180. The van der Waals surface area contributed by atoms with Gasteiger partial charge in [-0.15, -0.1) is 0 Å². The lowest BCUT2D eigenvalue weighted by Gasteiger charge is -2.29. The lowest BCUT2D eigenvalue weighted by molar-refractivity contribution is -0.134. The van der Waals surface area contributed by atoms with Crippen molar-refractivity contribution in [1.29, 1.82) is 5.41 Å². The Morgan fingerprint density at radius 1 is 1.32 bits per heavy atom. The number of halogens is 1. The minimum atomic E-state index is -0.465. The van der Waals surface area contributed by atoms with E-state index in [9.17, 15) is 14.3 Å². The molecule has 1 aromatic carbocycles. The van der Waals surface area contributed by atoms with Crippen molar-refractivity contribution in [2.45, 2.75) is 6.42 Å². The van der Waals surface area contributed by atoms with Crippen LogP contribution in [0.3, 0.4) is 0 Å². The van der Waals surface area contributed by atoms with Crippen molar-refractivity contribution in [1.82, 2.24) is 15.3 Å². The van der Waals surface area contributed by atoms with Gasteiger partial charge in [0.25, 0.3) is 0 Å². The molecular formula is C21H20FN6O3+. The monoisotopic (exact) mass is 423 g/mol. The molecule has 1 saturated heterocycles. The molecule has 0 bridgehead atoms. The van der Waals surface area contributed by atoms with E-state index < -0.39 is 5.90 Å². The Kier molecular flexibility index (Phi) is 5.44. The highest BCUT2D eigenvalue weighted by Gasteiger charge is 2.26. The summed E-state index contributed by atoms with van der Waals surface area (Å²) in [4.78, 5) is 22.2. The van der Waals surface area contributed by atoms with E-state index in [1.807, 2.05) is 0 Å². The minimum absolute atomic E-state index is 0.0159. The van der Waals surface area contributed by atoms with Gasteiger partial charge in [0, 0.05) is 24.7 Å². The summed E-state index contributed by atoms with van der Waals surface area (Å²) in [7, 11) is 0. The number of nitrogens with two attached hydrogens (primary N) is 1. The van der Waals surface area contributed by atoms with E-state index in [0.29, 0.717) is 29.9 Å². The summed E-state index contributed by atoms with van der Waals surface area (Å²) in [5.41, 5.74) is 0.789. The molecule has 4 rings (SSSR count). The molecule has 0 saturated carbocycles. The Morgan fingerprint density at radius 3 is 2.84 bits per heavy atom. The molecule has 1 fully saturated rings. The first kappa shape index (κ1) is 20.2. The smallest absolute Gasteiger partial charge is 0.344 e. The van der Waals surface area contributed by atoms with Crippen molar-refractivity contribution in [2.75, 3.05) is 24.5 Å². The average molecular weight is 423 g/mol. The third-order valence-electron chi connectivity index (χ3n) is 4.79. The summed E-state index contributed by atoms with van der Waals surface area (Å²) in [5, 5.41) is 28.2. The van der Waals surface area contributed by atoms with Gasteiger partial charge in [0.15, 0.2) is 11.4 Å². The number of fused-ring (bicyclic) bond motifs is 1. The fourth-order valence-corrected chi connectivity index (χ4v) is 3.34. The molecule has 3 heterocycles. The Morgan fingerprint density at radius 2 is 2.10 bits per heavy atom. The van der Waals surface area contributed by atoms with E-state index >= 15 is 0 Å². The third kappa shape index (κ3) is 4.27. The van der Waals surface area contributed by atoms with Crippen LogP contribution in [-0.2, 0) is 16.0 Å². The zero-order chi connectivity index (χ0) is 22.0. The number of hydrogen-bond donors (Lipinski definition) is 4. The van der Waals surface area contributed by atoms with Crippen molar-refractivity contribution in [2.24, 2.45) is 0 Å². The number of piperazine rings is 1. The molecule has 0 unspecified atom stereocenters. The molecule has 0 aliphatic carbocycles. The van der Waals surface area contributed by atoms with Crippen molar-refractivity contribution in [3.8, 4) is 5.75 Å².